The van der Waals surface area contributed by atoms with E-state index in [1.54, 1.807) is 6.26 Å². The van der Waals surface area contributed by atoms with Gasteiger partial charge in [-0.25, -0.2) is 13.2 Å². The Kier molecular flexibility index (Phi) is 3.54. The van der Waals surface area contributed by atoms with Crippen LogP contribution in [0.15, 0.2) is 12.1 Å². The lowest BCUT2D eigenvalue weighted by Crippen LogP contribution is -2.56. The van der Waals surface area contributed by atoms with Gasteiger partial charge in [-0.2, -0.15) is 0 Å². The van der Waals surface area contributed by atoms with Gasteiger partial charge in [0.2, 0.25) is 0 Å². The van der Waals surface area contributed by atoms with Crippen LogP contribution in [0.1, 0.15) is 11.6 Å². The van der Waals surface area contributed by atoms with Crippen LogP contribution in [0.5, 0.6) is 0 Å². The molecular formula is C11H10F3NO2S. The Morgan fingerprint density at radius 3 is 2.39 bits per heavy atom. The van der Waals surface area contributed by atoms with Gasteiger partial charge in [0.05, 0.1) is 0 Å². The topological polar surface area (TPSA) is 29.5 Å². The van der Waals surface area contributed by atoms with Gasteiger partial charge in [0.15, 0.2) is 17.7 Å². The Labute approximate surface area is 106 Å². The van der Waals surface area contributed by atoms with E-state index in [0.717, 1.165) is 18.0 Å². The maximum atomic E-state index is 13.6. The smallest absolute Gasteiger partial charge is 0.264 e. The van der Waals surface area contributed by atoms with Gasteiger partial charge in [0.1, 0.15) is 11.9 Å². The number of carbonyl (C=O) groups is 1. The average molecular weight is 277 g/mol. The number of nitrogens with zero attached hydrogens (tertiary/aromatic N) is 1. The molecule has 1 fully saturated rings. The van der Waals surface area contributed by atoms with Crippen LogP contribution in [0.4, 0.5) is 13.2 Å². The van der Waals surface area contributed by atoms with Gasteiger partial charge in [0.25, 0.3) is 5.91 Å². The van der Waals surface area contributed by atoms with Crippen LogP contribution in [-0.4, -0.2) is 29.7 Å². The van der Waals surface area contributed by atoms with E-state index in [9.17, 15) is 18.0 Å². The molecule has 3 nitrogen and oxygen atoms in total. The van der Waals surface area contributed by atoms with Crippen LogP contribution in [0.3, 0.4) is 0 Å². The second-order valence-electron chi connectivity index (χ2n) is 3.74. The Bertz CT molecular complexity index is 483. The minimum Gasteiger partial charge on any atom is -0.369 e. The van der Waals surface area contributed by atoms with E-state index in [2.05, 4.69) is 0 Å². The summed E-state index contributed by atoms with van der Waals surface area (Å²) >= 11 is 1.08. The van der Waals surface area contributed by atoms with E-state index in [-0.39, 0.29) is 11.5 Å². The van der Waals surface area contributed by atoms with Crippen LogP contribution in [0.25, 0.3) is 0 Å². The van der Waals surface area contributed by atoms with Gasteiger partial charge >= 0.3 is 0 Å². The van der Waals surface area contributed by atoms with Crippen molar-refractivity contribution in [2.24, 2.45) is 0 Å². The summed E-state index contributed by atoms with van der Waals surface area (Å²) in [4.78, 5) is 11.6. The molecule has 0 N–H and O–H groups in total. The molecule has 2 rings (SSSR count). The molecule has 98 valence electrons. The quantitative estimate of drug-likeness (QED) is 0.482. The zero-order chi connectivity index (χ0) is 13.4. The molecule has 1 heterocycles. The SMILES string of the molecule is CO[C@H]1C(=O)N(SC)[C@H]1c1cc(F)c(F)cc1F. The summed E-state index contributed by atoms with van der Waals surface area (Å²) in [6.45, 7) is 0. The summed E-state index contributed by atoms with van der Waals surface area (Å²) < 4.78 is 45.8. The van der Waals surface area contributed by atoms with Gasteiger partial charge in [-0.05, 0) is 6.07 Å². The summed E-state index contributed by atoms with van der Waals surface area (Å²) in [7, 11) is 1.31. The molecule has 1 saturated heterocycles. The summed E-state index contributed by atoms with van der Waals surface area (Å²) in [6, 6.07) is 0.489. The number of carbonyl (C=O) groups excluding carboxylic acids is 1. The van der Waals surface area contributed by atoms with Gasteiger partial charge < -0.3 is 4.74 Å². The number of benzene rings is 1. The Balaban J connectivity index is 2.41. The lowest BCUT2D eigenvalue weighted by molar-refractivity contribution is -0.158. The van der Waals surface area contributed by atoms with Crippen molar-refractivity contribution in [3.8, 4) is 0 Å². The lowest BCUT2D eigenvalue weighted by atomic mass is 9.93. The maximum Gasteiger partial charge on any atom is 0.264 e. The molecule has 0 unspecified atom stereocenters. The normalized spacial score (nSPS) is 23.2. The van der Waals surface area contributed by atoms with Crippen LogP contribution >= 0.6 is 11.9 Å². The summed E-state index contributed by atoms with van der Waals surface area (Å²) in [5, 5.41) is 0. The third-order valence-corrected chi connectivity index (χ3v) is 3.61. The van der Waals surface area contributed by atoms with Gasteiger partial charge in [-0.3, -0.25) is 9.10 Å². The van der Waals surface area contributed by atoms with Gasteiger partial charge in [0, 0.05) is 25.0 Å². The van der Waals surface area contributed by atoms with Crippen molar-refractivity contribution in [2.45, 2.75) is 12.1 Å². The Morgan fingerprint density at radius 1 is 1.22 bits per heavy atom. The number of amides is 1. The van der Waals surface area contributed by atoms with E-state index in [0.29, 0.717) is 6.07 Å². The van der Waals surface area contributed by atoms with Crippen molar-refractivity contribution in [2.75, 3.05) is 13.4 Å². The minimum absolute atomic E-state index is 0.0882. The second kappa shape index (κ2) is 4.81. The van der Waals surface area contributed by atoms with Gasteiger partial charge in [-0.15, -0.1) is 0 Å². The molecule has 7 heteroatoms. The number of hydrogen-bond acceptors (Lipinski definition) is 3. The van der Waals surface area contributed by atoms with E-state index in [4.69, 9.17) is 4.74 Å². The van der Waals surface area contributed by atoms with Crippen molar-refractivity contribution >= 4 is 17.9 Å². The molecule has 0 spiro atoms. The number of halogens is 3. The van der Waals surface area contributed by atoms with E-state index in [1.807, 2.05) is 0 Å². The largest absolute Gasteiger partial charge is 0.369 e. The molecule has 0 radical (unpaired) electrons. The van der Waals surface area contributed by atoms with Crippen molar-refractivity contribution in [1.82, 2.24) is 4.31 Å². The number of β-lactam (4-membered cyclic amide) rings is 1. The molecule has 0 aliphatic carbocycles. The van der Waals surface area contributed by atoms with Crippen molar-refractivity contribution in [3.63, 3.8) is 0 Å². The zero-order valence-corrected chi connectivity index (χ0v) is 10.4. The fourth-order valence-electron chi connectivity index (χ4n) is 1.93. The Morgan fingerprint density at radius 2 is 1.83 bits per heavy atom. The van der Waals surface area contributed by atoms with E-state index < -0.39 is 29.6 Å². The highest BCUT2D eigenvalue weighted by molar-refractivity contribution is 7.96. The first kappa shape index (κ1) is 13.2. The minimum atomic E-state index is -1.26. The van der Waals surface area contributed by atoms with Crippen LogP contribution < -0.4 is 0 Å². The molecule has 1 aromatic rings. The molecule has 0 aromatic heterocycles. The molecular weight excluding hydrogens is 267 g/mol. The number of hydrogen-bond donors (Lipinski definition) is 0. The van der Waals surface area contributed by atoms with Crippen LogP contribution in [-0.2, 0) is 9.53 Å². The highest BCUT2D eigenvalue weighted by Gasteiger charge is 2.50. The highest BCUT2D eigenvalue weighted by atomic mass is 32.2. The maximum absolute atomic E-state index is 13.6. The summed E-state index contributed by atoms with van der Waals surface area (Å²) in [5.41, 5.74) is -0.0882. The predicted molar refractivity (Wildman–Crippen MR) is 60.2 cm³/mol. The molecule has 1 aliphatic rings. The first-order valence-electron chi connectivity index (χ1n) is 5.05. The zero-order valence-electron chi connectivity index (χ0n) is 9.62. The number of methoxy groups -OCH3 is 1. The van der Waals surface area contributed by atoms with E-state index in [1.165, 1.54) is 11.4 Å². The molecule has 1 amide bonds. The van der Waals surface area contributed by atoms with Crippen LogP contribution in [0, 0.1) is 17.5 Å². The fraction of sp³-hybridized carbons (Fsp3) is 0.364. The van der Waals surface area contributed by atoms with Crippen molar-refractivity contribution in [3.05, 3.63) is 35.1 Å². The van der Waals surface area contributed by atoms with Crippen molar-refractivity contribution < 1.29 is 22.7 Å². The lowest BCUT2D eigenvalue weighted by Gasteiger charge is -2.44. The Hall–Kier alpha value is -1.21. The fourth-order valence-corrected chi connectivity index (χ4v) is 2.66. The monoisotopic (exact) mass is 277 g/mol. The molecule has 1 aromatic carbocycles. The number of ether oxygens (including phenoxy) is 1. The first-order chi connectivity index (χ1) is 8.51. The molecule has 0 bridgehead atoms. The molecule has 0 saturated carbocycles. The van der Waals surface area contributed by atoms with Crippen LogP contribution in [0.2, 0.25) is 0 Å². The molecule has 1 aliphatic heterocycles. The van der Waals surface area contributed by atoms with Gasteiger partial charge in [-0.1, -0.05) is 11.9 Å². The molecule has 18 heavy (non-hydrogen) atoms. The van der Waals surface area contributed by atoms with Crippen molar-refractivity contribution in [1.29, 1.82) is 0 Å². The average Bonchev–Trinajstić information content (AvgIpc) is 2.32. The number of rotatable bonds is 3. The highest BCUT2D eigenvalue weighted by Crippen LogP contribution is 2.42. The standard InChI is InChI=1S/C11H10F3NO2S/c1-17-10-9(15(18-2)11(10)16)5-3-7(13)8(14)4-6(5)12/h3-4,9-10H,1-2H3/t9-,10+/m0/s1. The first-order valence-corrected chi connectivity index (χ1v) is 6.23. The second-order valence-corrected chi connectivity index (χ2v) is 4.49. The predicted octanol–water partition coefficient (Wildman–Crippen LogP) is 2.28. The van der Waals surface area contributed by atoms with E-state index >= 15 is 0 Å². The third kappa shape index (κ3) is 1.87. The summed E-state index contributed by atoms with van der Waals surface area (Å²) in [5.74, 6) is -3.63. The summed E-state index contributed by atoms with van der Waals surface area (Å²) in [6.07, 6.45) is 0.769. The third-order valence-electron chi connectivity index (χ3n) is 2.81. The molecule has 2 atom stereocenters.